The third-order valence-electron chi connectivity index (χ3n) is 0.795. The van der Waals surface area contributed by atoms with E-state index >= 15 is 0 Å². The summed E-state index contributed by atoms with van der Waals surface area (Å²) < 4.78 is 0. The van der Waals surface area contributed by atoms with E-state index in [0.717, 1.165) is 5.70 Å². The minimum atomic E-state index is 1.14. The van der Waals surface area contributed by atoms with Gasteiger partial charge >= 0.3 is 0 Å². The fraction of sp³-hybridized carbons (Fsp3) is 0.200. The summed E-state index contributed by atoms with van der Waals surface area (Å²) in [5.41, 5.74) is 6.88. The highest BCUT2D eigenvalue weighted by Crippen LogP contribution is 1.87. The summed E-state index contributed by atoms with van der Waals surface area (Å²) in [6.07, 6.45) is 5.79. The van der Waals surface area contributed by atoms with Crippen molar-refractivity contribution in [2.45, 2.75) is 6.92 Å². The van der Waals surface area contributed by atoms with Crippen molar-refractivity contribution in [2.24, 2.45) is 0 Å². The molecule has 2 heteroatoms. The Labute approximate surface area is 42.9 Å². The predicted molar refractivity (Wildman–Crippen MR) is 29.2 cm³/mol. The van der Waals surface area contributed by atoms with E-state index in [0.29, 0.717) is 0 Å². The van der Waals surface area contributed by atoms with Gasteiger partial charge in [-0.1, -0.05) is 0 Å². The molecule has 1 heterocycles. The monoisotopic (exact) mass is 96.1 g/mol. The van der Waals surface area contributed by atoms with Gasteiger partial charge in [-0.25, -0.2) is 0 Å². The van der Waals surface area contributed by atoms with Gasteiger partial charge in [0, 0.05) is 11.9 Å². The standard InChI is InChI=1S/C5H8N2/c1-5-3-2-4-6-7-5/h2-4,6-7H,1H3. The zero-order valence-corrected chi connectivity index (χ0v) is 4.23. The fourth-order valence-electron chi connectivity index (χ4n) is 0.438. The number of nitrogens with one attached hydrogen (secondary N) is 2. The molecule has 0 radical (unpaired) electrons. The van der Waals surface area contributed by atoms with Gasteiger partial charge in [0.2, 0.25) is 0 Å². The van der Waals surface area contributed by atoms with Gasteiger partial charge in [0.05, 0.1) is 0 Å². The summed E-state index contributed by atoms with van der Waals surface area (Å²) in [4.78, 5) is 0. The van der Waals surface area contributed by atoms with E-state index in [2.05, 4.69) is 10.9 Å². The van der Waals surface area contributed by atoms with Crippen LogP contribution in [0.1, 0.15) is 6.92 Å². The van der Waals surface area contributed by atoms with Gasteiger partial charge in [0.1, 0.15) is 0 Å². The summed E-state index contributed by atoms with van der Waals surface area (Å²) in [7, 11) is 0. The summed E-state index contributed by atoms with van der Waals surface area (Å²) >= 11 is 0. The molecule has 1 rings (SSSR count). The highest BCUT2D eigenvalue weighted by molar-refractivity contribution is 5.11. The van der Waals surface area contributed by atoms with Gasteiger partial charge in [0.25, 0.3) is 0 Å². The second kappa shape index (κ2) is 1.69. The van der Waals surface area contributed by atoms with Gasteiger partial charge in [0.15, 0.2) is 0 Å². The average molecular weight is 96.1 g/mol. The lowest BCUT2D eigenvalue weighted by molar-refractivity contribution is 0.719. The molecule has 0 bridgehead atoms. The lowest BCUT2D eigenvalue weighted by Gasteiger charge is -2.07. The van der Waals surface area contributed by atoms with E-state index in [1.165, 1.54) is 0 Å². The van der Waals surface area contributed by atoms with Crippen molar-refractivity contribution < 1.29 is 0 Å². The molecule has 0 amide bonds. The zero-order chi connectivity index (χ0) is 5.11. The maximum absolute atomic E-state index is 2.91. The lowest BCUT2D eigenvalue weighted by Crippen LogP contribution is -2.26. The Morgan fingerprint density at radius 1 is 1.57 bits per heavy atom. The topological polar surface area (TPSA) is 24.1 Å². The Kier molecular flexibility index (Phi) is 1.02. The Balaban J connectivity index is 2.57. The van der Waals surface area contributed by atoms with Crippen LogP contribution in [-0.4, -0.2) is 0 Å². The molecule has 38 valence electrons. The van der Waals surface area contributed by atoms with Crippen LogP contribution < -0.4 is 10.9 Å². The van der Waals surface area contributed by atoms with Crippen LogP contribution in [0.5, 0.6) is 0 Å². The van der Waals surface area contributed by atoms with E-state index in [4.69, 9.17) is 0 Å². The van der Waals surface area contributed by atoms with Crippen molar-refractivity contribution in [3.8, 4) is 0 Å². The third kappa shape index (κ3) is 0.961. The first kappa shape index (κ1) is 4.24. The first-order chi connectivity index (χ1) is 3.39. The van der Waals surface area contributed by atoms with Gasteiger partial charge < -0.3 is 10.9 Å². The van der Waals surface area contributed by atoms with Gasteiger partial charge in [-0.15, -0.1) is 0 Å². The Bertz CT molecular complexity index is 113. The predicted octanol–water partition coefficient (Wildman–Crippen LogP) is 0.512. The molecule has 0 saturated heterocycles. The number of allylic oxidation sites excluding steroid dienone is 3. The molecule has 0 aromatic carbocycles. The number of rotatable bonds is 0. The van der Waals surface area contributed by atoms with Gasteiger partial charge in [-0.3, -0.25) is 0 Å². The summed E-state index contributed by atoms with van der Waals surface area (Å²) in [6.45, 7) is 2.00. The quantitative estimate of drug-likeness (QED) is 0.459. The molecule has 0 unspecified atom stereocenters. The first-order valence-electron chi connectivity index (χ1n) is 2.24. The normalized spacial score (nSPS) is 17.0. The van der Waals surface area contributed by atoms with E-state index in [1.54, 1.807) is 0 Å². The molecule has 7 heavy (non-hydrogen) atoms. The van der Waals surface area contributed by atoms with Gasteiger partial charge in [-0.05, 0) is 19.1 Å². The van der Waals surface area contributed by atoms with Crippen LogP contribution in [0.25, 0.3) is 0 Å². The minimum Gasteiger partial charge on any atom is -0.309 e. The number of hydrazine groups is 1. The molecule has 2 N–H and O–H groups in total. The number of hydrogen-bond acceptors (Lipinski definition) is 2. The average Bonchev–Trinajstić information content (AvgIpc) is 1.69. The van der Waals surface area contributed by atoms with Crippen molar-refractivity contribution in [3.63, 3.8) is 0 Å². The van der Waals surface area contributed by atoms with E-state index in [-0.39, 0.29) is 0 Å². The smallest absolute Gasteiger partial charge is 0.0283 e. The van der Waals surface area contributed by atoms with Gasteiger partial charge in [-0.2, -0.15) is 0 Å². The van der Waals surface area contributed by atoms with Crippen molar-refractivity contribution in [1.82, 2.24) is 10.9 Å². The summed E-state index contributed by atoms with van der Waals surface area (Å²) in [6, 6.07) is 0. The highest BCUT2D eigenvalue weighted by Gasteiger charge is 1.83. The Morgan fingerprint density at radius 2 is 2.43 bits per heavy atom. The van der Waals surface area contributed by atoms with Crippen molar-refractivity contribution in [2.75, 3.05) is 0 Å². The second-order valence-corrected chi connectivity index (χ2v) is 1.48. The molecular formula is C5H8N2. The van der Waals surface area contributed by atoms with Crippen LogP contribution in [-0.2, 0) is 0 Å². The molecule has 0 aromatic rings. The third-order valence-corrected chi connectivity index (χ3v) is 0.795. The van der Waals surface area contributed by atoms with Crippen molar-refractivity contribution in [3.05, 3.63) is 24.0 Å². The molecule has 1 aliphatic rings. The summed E-state index contributed by atoms with van der Waals surface area (Å²) in [5, 5.41) is 0. The Hall–Kier alpha value is -0.920. The molecule has 0 atom stereocenters. The first-order valence-corrected chi connectivity index (χ1v) is 2.24. The maximum Gasteiger partial charge on any atom is 0.0283 e. The summed E-state index contributed by atoms with van der Waals surface area (Å²) in [5.74, 6) is 0. The van der Waals surface area contributed by atoms with E-state index < -0.39 is 0 Å². The van der Waals surface area contributed by atoms with E-state index in [1.807, 2.05) is 25.3 Å². The zero-order valence-electron chi connectivity index (χ0n) is 4.23. The van der Waals surface area contributed by atoms with E-state index in [9.17, 15) is 0 Å². The number of hydrogen-bond donors (Lipinski definition) is 2. The van der Waals surface area contributed by atoms with Crippen molar-refractivity contribution in [1.29, 1.82) is 0 Å². The largest absolute Gasteiger partial charge is 0.309 e. The molecule has 0 aromatic heterocycles. The molecule has 0 spiro atoms. The molecule has 2 nitrogen and oxygen atoms in total. The van der Waals surface area contributed by atoms with Crippen LogP contribution in [0.15, 0.2) is 24.0 Å². The second-order valence-electron chi connectivity index (χ2n) is 1.48. The molecule has 0 saturated carbocycles. The molecular weight excluding hydrogens is 88.1 g/mol. The molecule has 0 aliphatic carbocycles. The molecule has 1 aliphatic heterocycles. The van der Waals surface area contributed by atoms with Crippen LogP contribution in [0.2, 0.25) is 0 Å². The highest BCUT2D eigenvalue weighted by atomic mass is 15.3. The van der Waals surface area contributed by atoms with Crippen LogP contribution >= 0.6 is 0 Å². The Morgan fingerprint density at radius 3 is 2.71 bits per heavy atom. The van der Waals surface area contributed by atoms with Crippen molar-refractivity contribution >= 4 is 0 Å². The van der Waals surface area contributed by atoms with Crippen LogP contribution in [0, 0.1) is 0 Å². The minimum absolute atomic E-state index is 1.14. The van der Waals surface area contributed by atoms with Crippen LogP contribution in [0.3, 0.4) is 0 Å². The maximum atomic E-state index is 2.91. The lowest BCUT2D eigenvalue weighted by atomic mass is 10.4. The SMILES string of the molecule is CC1=CC=CNN1. The fourth-order valence-corrected chi connectivity index (χ4v) is 0.438. The molecule has 0 fully saturated rings. The van der Waals surface area contributed by atoms with Crippen LogP contribution in [0.4, 0.5) is 0 Å².